The number of likely N-dealkylation sites (N-methyl/N-ethyl adjacent to an activating group) is 1. The van der Waals surface area contributed by atoms with Gasteiger partial charge in [0.15, 0.2) is 5.96 Å². The zero-order valence-corrected chi connectivity index (χ0v) is 17.1. The van der Waals surface area contributed by atoms with Gasteiger partial charge in [-0.15, -0.1) is 11.3 Å². The summed E-state index contributed by atoms with van der Waals surface area (Å²) in [5.74, 6) is 0.842. The van der Waals surface area contributed by atoms with Crippen LogP contribution in [0.5, 0.6) is 0 Å². The molecule has 0 spiro atoms. The fourth-order valence-corrected chi connectivity index (χ4v) is 4.77. The average molecular weight is 378 g/mol. The number of amides is 1. The summed E-state index contributed by atoms with van der Waals surface area (Å²) in [6.45, 7) is 0.924. The third-order valence-electron chi connectivity index (χ3n) is 5.18. The number of nitrogens with one attached hydrogen (secondary N) is 1. The van der Waals surface area contributed by atoms with Crippen LogP contribution in [0.25, 0.3) is 0 Å². The van der Waals surface area contributed by atoms with Crippen molar-refractivity contribution in [1.82, 2.24) is 20.1 Å². The molecule has 1 aromatic rings. The fourth-order valence-electron chi connectivity index (χ4n) is 3.56. The molecular weight excluding hydrogens is 346 g/mol. The maximum Gasteiger partial charge on any atom is 0.243 e. The van der Waals surface area contributed by atoms with Gasteiger partial charge in [-0.3, -0.25) is 4.79 Å². The highest BCUT2D eigenvalue weighted by Crippen LogP contribution is 2.27. The Bertz CT molecular complexity index is 625. The Morgan fingerprint density at radius 1 is 1.19 bits per heavy atom. The highest BCUT2D eigenvalue weighted by atomic mass is 32.1. The number of nitrogens with zero attached hydrogens (tertiary/aromatic N) is 4. The molecule has 2 aliphatic carbocycles. The third-order valence-corrected chi connectivity index (χ3v) is 6.32. The van der Waals surface area contributed by atoms with Gasteiger partial charge in [-0.1, -0.05) is 12.8 Å². The highest BCUT2D eigenvalue weighted by Gasteiger charge is 2.21. The summed E-state index contributed by atoms with van der Waals surface area (Å²) >= 11 is 1.84. The van der Waals surface area contributed by atoms with E-state index < -0.39 is 0 Å². The van der Waals surface area contributed by atoms with E-state index in [9.17, 15) is 4.79 Å². The number of carbonyl (C=O) groups is 1. The molecule has 0 aliphatic heterocycles. The second-order valence-corrected chi connectivity index (χ2v) is 8.76. The van der Waals surface area contributed by atoms with E-state index in [0.717, 1.165) is 23.9 Å². The topological polar surface area (TPSA) is 60.8 Å². The van der Waals surface area contributed by atoms with Gasteiger partial charge in [0.05, 0.1) is 12.2 Å². The van der Waals surface area contributed by atoms with Crippen LogP contribution in [-0.4, -0.2) is 60.4 Å². The summed E-state index contributed by atoms with van der Waals surface area (Å²) in [6.07, 6.45) is 9.74. The number of aromatic nitrogens is 1. The minimum Gasteiger partial charge on any atom is -0.353 e. The molecule has 1 heterocycles. The van der Waals surface area contributed by atoms with E-state index in [-0.39, 0.29) is 12.5 Å². The molecule has 1 amide bonds. The highest BCUT2D eigenvalue weighted by molar-refractivity contribution is 7.11. The standard InChI is InChI=1S/C19H31N5OS/c1-23(2)18(25)12-20-19(21-14-8-4-5-9-14)24(3)13-17-22-15-10-6-7-11-16(15)26-17/h14H,4-13H2,1-3H3,(H,20,21). The smallest absolute Gasteiger partial charge is 0.243 e. The van der Waals surface area contributed by atoms with Gasteiger partial charge in [-0.05, 0) is 38.5 Å². The van der Waals surface area contributed by atoms with E-state index in [1.54, 1.807) is 19.0 Å². The van der Waals surface area contributed by atoms with Gasteiger partial charge in [0, 0.05) is 32.1 Å². The van der Waals surface area contributed by atoms with Crippen LogP contribution in [0, 0.1) is 0 Å². The molecule has 6 nitrogen and oxygen atoms in total. The van der Waals surface area contributed by atoms with Gasteiger partial charge < -0.3 is 15.1 Å². The molecule has 26 heavy (non-hydrogen) atoms. The quantitative estimate of drug-likeness (QED) is 0.632. The second-order valence-electron chi connectivity index (χ2n) is 7.59. The molecule has 0 unspecified atom stereocenters. The summed E-state index contributed by atoms with van der Waals surface area (Å²) in [4.78, 5) is 26.6. The lowest BCUT2D eigenvalue weighted by atomic mass is 10.0. The molecule has 1 saturated carbocycles. The Hall–Kier alpha value is -1.63. The lowest BCUT2D eigenvalue weighted by molar-refractivity contribution is -0.127. The maximum absolute atomic E-state index is 12.0. The van der Waals surface area contributed by atoms with Crippen molar-refractivity contribution in [2.75, 3.05) is 27.7 Å². The third kappa shape index (κ3) is 4.96. The van der Waals surface area contributed by atoms with Crippen LogP contribution in [0.1, 0.15) is 54.1 Å². The van der Waals surface area contributed by atoms with Gasteiger partial charge in [0.1, 0.15) is 11.6 Å². The lowest BCUT2D eigenvalue weighted by Gasteiger charge is -2.24. The number of thiazole rings is 1. The van der Waals surface area contributed by atoms with Gasteiger partial charge in [0.2, 0.25) is 5.91 Å². The minimum atomic E-state index is 0.0221. The van der Waals surface area contributed by atoms with E-state index in [1.165, 1.54) is 55.5 Å². The van der Waals surface area contributed by atoms with Crippen molar-refractivity contribution in [1.29, 1.82) is 0 Å². The number of carbonyl (C=O) groups excluding carboxylic acids is 1. The van der Waals surface area contributed by atoms with E-state index in [2.05, 4.69) is 15.2 Å². The van der Waals surface area contributed by atoms with E-state index in [1.807, 2.05) is 18.4 Å². The van der Waals surface area contributed by atoms with Crippen LogP contribution in [0.2, 0.25) is 0 Å². The molecule has 0 aromatic carbocycles. The van der Waals surface area contributed by atoms with Crippen molar-refractivity contribution in [3.05, 3.63) is 15.6 Å². The number of rotatable bonds is 5. The van der Waals surface area contributed by atoms with Gasteiger partial charge in [-0.25, -0.2) is 9.98 Å². The predicted molar refractivity (Wildman–Crippen MR) is 107 cm³/mol. The Morgan fingerprint density at radius 2 is 1.92 bits per heavy atom. The van der Waals surface area contributed by atoms with Gasteiger partial charge in [0.25, 0.3) is 0 Å². The van der Waals surface area contributed by atoms with Crippen molar-refractivity contribution >= 4 is 23.2 Å². The molecule has 0 atom stereocenters. The van der Waals surface area contributed by atoms with Crippen molar-refractivity contribution in [3.8, 4) is 0 Å². The predicted octanol–water partition coefficient (Wildman–Crippen LogP) is 2.43. The number of aliphatic imine (C=N–C) groups is 1. The summed E-state index contributed by atoms with van der Waals surface area (Å²) in [7, 11) is 5.58. The lowest BCUT2D eigenvalue weighted by Crippen LogP contribution is -2.43. The number of guanidine groups is 1. The molecule has 144 valence electrons. The van der Waals surface area contributed by atoms with E-state index in [4.69, 9.17) is 4.98 Å². The Kier molecular flexibility index (Phi) is 6.51. The van der Waals surface area contributed by atoms with Crippen LogP contribution >= 0.6 is 11.3 Å². The largest absolute Gasteiger partial charge is 0.353 e. The SMILES string of the molecule is CN(C)C(=O)CN=C(NC1CCCC1)N(C)Cc1nc2c(s1)CCCC2. The summed E-state index contributed by atoms with van der Waals surface area (Å²) in [5, 5.41) is 4.73. The summed E-state index contributed by atoms with van der Waals surface area (Å²) in [6, 6.07) is 0.468. The van der Waals surface area contributed by atoms with E-state index >= 15 is 0 Å². The first-order chi connectivity index (χ1) is 12.5. The zero-order valence-electron chi connectivity index (χ0n) is 16.3. The first kappa shape index (κ1) is 19.1. The van der Waals surface area contributed by atoms with Crippen LogP contribution in [0.15, 0.2) is 4.99 Å². The van der Waals surface area contributed by atoms with Crippen molar-refractivity contribution in [2.24, 2.45) is 4.99 Å². The Morgan fingerprint density at radius 3 is 2.62 bits per heavy atom. The van der Waals surface area contributed by atoms with Crippen LogP contribution < -0.4 is 5.32 Å². The first-order valence-corrected chi connectivity index (χ1v) is 10.5. The zero-order chi connectivity index (χ0) is 18.5. The van der Waals surface area contributed by atoms with Crippen LogP contribution in [0.4, 0.5) is 0 Å². The fraction of sp³-hybridized carbons (Fsp3) is 0.737. The molecule has 1 aromatic heterocycles. The minimum absolute atomic E-state index is 0.0221. The number of hydrogen-bond donors (Lipinski definition) is 1. The number of fused-ring (bicyclic) bond motifs is 1. The Labute approximate surface area is 160 Å². The molecule has 1 fully saturated rings. The summed E-state index contributed by atoms with van der Waals surface area (Å²) < 4.78 is 0. The Balaban J connectivity index is 1.68. The van der Waals surface area contributed by atoms with Crippen LogP contribution in [-0.2, 0) is 24.2 Å². The molecule has 0 bridgehead atoms. The second kappa shape index (κ2) is 8.84. The molecule has 2 aliphatic rings. The molecule has 0 saturated heterocycles. The van der Waals surface area contributed by atoms with Crippen molar-refractivity contribution in [3.63, 3.8) is 0 Å². The molecular formula is C19H31N5OS. The van der Waals surface area contributed by atoms with Crippen molar-refractivity contribution < 1.29 is 4.79 Å². The normalized spacial score (nSPS) is 17.9. The average Bonchev–Trinajstić information content (AvgIpc) is 3.26. The molecule has 7 heteroatoms. The monoisotopic (exact) mass is 377 g/mol. The number of hydrogen-bond acceptors (Lipinski definition) is 4. The first-order valence-electron chi connectivity index (χ1n) is 9.72. The number of aryl methyl sites for hydroxylation is 2. The molecule has 0 radical (unpaired) electrons. The maximum atomic E-state index is 12.0. The van der Waals surface area contributed by atoms with Gasteiger partial charge >= 0.3 is 0 Å². The summed E-state index contributed by atoms with van der Waals surface area (Å²) in [5.41, 5.74) is 1.30. The van der Waals surface area contributed by atoms with Crippen LogP contribution in [0.3, 0.4) is 0 Å². The van der Waals surface area contributed by atoms with E-state index in [0.29, 0.717) is 6.04 Å². The molecule has 1 N–H and O–H groups in total. The molecule has 3 rings (SSSR count). The van der Waals surface area contributed by atoms with Gasteiger partial charge in [-0.2, -0.15) is 0 Å². The van der Waals surface area contributed by atoms with Crippen molar-refractivity contribution in [2.45, 2.75) is 64.0 Å².